The molecule has 0 spiro atoms. The molecule has 0 bridgehead atoms. The number of aryl methyl sites for hydroxylation is 1. The van der Waals surface area contributed by atoms with Crippen molar-refractivity contribution in [1.82, 2.24) is 9.55 Å². The highest BCUT2D eigenvalue weighted by atomic mass is 19.1. The summed E-state index contributed by atoms with van der Waals surface area (Å²) in [6.45, 7) is 3.48. The molecule has 1 aliphatic rings. The van der Waals surface area contributed by atoms with Gasteiger partial charge in [-0.1, -0.05) is 12.1 Å². The van der Waals surface area contributed by atoms with Gasteiger partial charge in [0.2, 0.25) is 0 Å². The lowest BCUT2D eigenvalue weighted by Gasteiger charge is -2.36. The van der Waals surface area contributed by atoms with Crippen LogP contribution in [-0.4, -0.2) is 29.9 Å². The van der Waals surface area contributed by atoms with E-state index in [1.165, 1.54) is 6.07 Å². The van der Waals surface area contributed by atoms with Gasteiger partial charge < -0.3 is 18.8 Å². The Hall–Kier alpha value is -2.70. The summed E-state index contributed by atoms with van der Waals surface area (Å²) in [5.41, 5.74) is 1.96. The van der Waals surface area contributed by atoms with E-state index in [1.54, 1.807) is 25.4 Å². The molecule has 1 aromatic heterocycles. The zero-order chi connectivity index (χ0) is 20.3. The Morgan fingerprint density at radius 2 is 1.90 bits per heavy atom. The fraction of sp³-hybridized carbons (Fsp3) is 0.348. The quantitative estimate of drug-likeness (QED) is 0.613. The molecule has 0 saturated carbocycles. The first kappa shape index (κ1) is 19.6. The van der Waals surface area contributed by atoms with E-state index in [0.717, 1.165) is 17.1 Å². The maximum atomic E-state index is 14.6. The minimum atomic E-state index is -0.661. The highest BCUT2D eigenvalue weighted by Gasteiger charge is 2.37. The van der Waals surface area contributed by atoms with Crippen molar-refractivity contribution in [2.24, 2.45) is 0 Å². The molecule has 2 aromatic carbocycles. The number of hydrogen-bond acceptors (Lipinski definition) is 4. The molecule has 152 valence electrons. The van der Waals surface area contributed by atoms with Crippen LogP contribution in [0.2, 0.25) is 0 Å². The maximum Gasteiger partial charge on any atom is 0.129 e. The van der Waals surface area contributed by atoms with E-state index in [0.29, 0.717) is 44.0 Å². The number of ether oxygens (including phenoxy) is 3. The first-order chi connectivity index (χ1) is 14.1. The summed E-state index contributed by atoms with van der Waals surface area (Å²) < 4.78 is 33.7. The molecule has 0 amide bonds. The van der Waals surface area contributed by atoms with Crippen molar-refractivity contribution in [2.75, 3.05) is 20.3 Å². The number of aromatic nitrogens is 2. The largest absolute Gasteiger partial charge is 0.489 e. The zero-order valence-electron chi connectivity index (χ0n) is 16.7. The summed E-state index contributed by atoms with van der Waals surface area (Å²) in [4.78, 5) is 4.25. The van der Waals surface area contributed by atoms with Gasteiger partial charge in [0.15, 0.2) is 0 Å². The summed E-state index contributed by atoms with van der Waals surface area (Å²) >= 11 is 0. The topological polar surface area (TPSA) is 45.5 Å². The summed E-state index contributed by atoms with van der Waals surface area (Å²) in [7, 11) is 1.63. The Kier molecular flexibility index (Phi) is 5.65. The number of rotatable bonds is 6. The van der Waals surface area contributed by atoms with Crippen molar-refractivity contribution >= 4 is 0 Å². The number of nitrogens with zero attached hydrogens (tertiary/aromatic N) is 2. The van der Waals surface area contributed by atoms with E-state index in [9.17, 15) is 4.39 Å². The van der Waals surface area contributed by atoms with Crippen LogP contribution in [0.4, 0.5) is 4.39 Å². The van der Waals surface area contributed by atoms with Gasteiger partial charge in [-0.25, -0.2) is 9.37 Å². The average Bonchev–Trinajstić information content (AvgIpc) is 3.20. The van der Waals surface area contributed by atoms with Crippen LogP contribution in [0.25, 0.3) is 5.69 Å². The van der Waals surface area contributed by atoms with Crippen LogP contribution in [0.5, 0.6) is 5.75 Å². The van der Waals surface area contributed by atoms with E-state index in [2.05, 4.69) is 4.98 Å². The Morgan fingerprint density at radius 1 is 1.14 bits per heavy atom. The monoisotopic (exact) mass is 396 g/mol. The molecular weight excluding hydrogens is 371 g/mol. The second kappa shape index (κ2) is 8.35. The SMILES string of the molecule is COC1(c2cc(OCc3ccc(-n4ccnc4C)cc3)ccc2F)CCOCC1. The molecule has 6 heteroatoms. The minimum Gasteiger partial charge on any atom is -0.489 e. The summed E-state index contributed by atoms with van der Waals surface area (Å²) in [6.07, 6.45) is 4.96. The number of imidazole rings is 1. The third kappa shape index (κ3) is 4.04. The zero-order valence-corrected chi connectivity index (χ0v) is 16.7. The Labute approximate surface area is 170 Å². The molecule has 3 aromatic rings. The second-order valence-electron chi connectivity index (χ2n) is 7.25. The van der Waals surface area contributed by atoms with E-state index >= 15 is 0 Å². The number of hydrogen-bond donors (Lipinski definition) is 0. The summed E-state index contributed by atoms with van der Waals surface area (Å²) in [6, 6.07) is 13.0. The van der Waals surface area contributed by atoms with Crippen LogP contribution in [0.15, 0.2) is 54.9 Å². The molecule has 1 saturated heterocycles. The second-order valence-corrected chi connectivity index (χ2v) is 7.25. The molecule has 0 unspecified atom stereocenters. The predicted octanol–water partition coefficient (Wildman–Crippen LogP) is 4.55. The fourth-order valence-electron chi connectivity index (χ4n) is 3.80. The van der Waals surface area contributed by atoms with Crippen molar-refractivity contribution in [1.29, 1.82) is 0 Å². The molecule has 29 heavy (non-hydrogen) atoms. The van der Waals surface area contributed by atoms with Crippen molar-refractivity contribution in [3.63, 3.8) is 0 Å². The Bertz CT molecular complexity index is 963. The van der Waals surface area contributed by atoms with Crippen LogP contribution < -0.4 is 4.74 Å². The van der Waals surface area contributed by atoms with Crippen LogP contribution in [-0.2, 0) is 21.7 Å². The normalized spacial score (nSPS) is 16.0. The molecule has 4 rings (SSSR count). The lowest BCUT2D eigenvalue weighted by molar-refractivity contribution is -0.0966. The molecule has 2 heterocycles. The molecular formula is C23H25FN2O3. The van der Waals surface area contributed by atoms with Gasteiger partial charge in [0.1, 0.15) is 29.6 Å². The molecule has 0 N–H and O–H groups in total. The lowest BCUT2D eigenvalue weighted by Crippen LogP contribution is -2.36. The Balaban J connectivity index is 1.48. The van der Waals surface area contributed by atoms with Gasteiger partial charge in [0, 0.05) is 56.8 Å². The lowest BCUT2D eigenvalue weighted by atomic mass is 9.85. The van der Waals surface area contributed by atoms with E-state index < -0.39 is 5.60 Å². The average molecular weight is 396 g/mol. The third-order valence-electron chi connectivity index (χ3n) is 5.57. The van der Waals surface area contributed by atoms with E-state index in [1.807, 2.05) is 42.0 Å². The fourth-order valence-corrected chi connectivity index (χ4v) is 3.80. The summed E-state index contributed by atoms with van der Waals surface area (Å²) in [5.74, 6) is 1.29. The van der Waals surface area contributed by atoms with Crippen LogP contribution in [0.3, 0.4) is 0 Å². The van der Waals surface area contributed by atoms with Gasteiger partial charge in [0.05, 0.1) is 0 Å². The summed E-state index contributed by atoms with van der Waals surface area (Å²) in [5, 5.41) is 0. The van der Waals surface area contributed by atoms with Gasteiger partial charge in [-0.05, 0) is 42.8 Å². The predicted molar refractivity (Wildman–Crippen MR) is 108 cm³/mol. The first-order valence-electron chi connectivity index (χ1n) is 9.76. The molecule has 1 fully saturated rings. The smallest absolute Gasteiger partial charge is 0.129 e. The van der Waals surface area contributed by atoms with Gasteiger partial charge in [-0.3, -0.25) is 0 Å². The molecule has 1 aliphatic heterocycles. The molecule has 0 radical (unpaired) electrons. The molecule has 0 aliphatic carbocycles. The third-order valence-corrected chi connectivity index (χ3v) is 5.57. The molecule has 0 atom stereocenters. The van der Waals surface area contributed by atoms with Crippen LogP contribution in [0.1, 0.15) is 29.8 Å². The number of halogens is 1. The van der Waals surface area contributed by atoms with Crippen LogP contribution >= 0.6 is 0 Å². The van der Waals surface area contributed by atoms with Gasteiger partial charge >= 0.3 is 0 Å². The standard InChI is InChI=1S/C23H25FN2O3/c1-17-25-11-12-26(17)19-5-3-18(4-6-19)16-29-20-7-8-22(24)21(15-20)23(27-2)9-13-28-14-10-23/h3-8,11-12,15H,9-10,13-14,16H2,1-2H3. The van der Waals surface area contributed by atoms with Crippen molar-refractivity contribution in [3.8, 4) is 11.4 Å². The molecule has 5 nitrogen and oxygen atoms in total. The van der Waals surface area contributed by atoms with Gasteiger partial charge in [-0.15, -0.1) is 0 Å². The van der Waals surface area contributed by atoms with E-state index in [-0.39, 0.29) is 5.82 Å². The first-order valence-corrected chi connectivity index (χ1v) is 9.76. The van der Waals surface area contributed by atoms with Crippen molar-refractivity contribution in [2.45, 2.75) is 32.0 Å². The van der Waals surface area contributed by atoms with Gasteiger partial charge in [0.25, 0.3) is 0 Å². The van der Waals surface area contributed by atoms with Crippen molar-refractivity contribution in [3.05, 3.63) is 77.6 Å². The highest BCUT2D eigenvalue weighted by Crippen LogP contribution is 2.38. The minimum absolute atomic E-state index is 0.277. The number of methoxy groups -OCH3 is 1. The van der Waals surface area contributed by atoms with E-state index in [4.69, 9.17) is 14.2 Å². The van der Waals surface area contributed by atoms with Crippen molar-refractivity contribution < 1.29 is 18.6 Å². The highest BCUT2D eigenvalue weighted by molar-refractivity contribution is 5.37. The number of benzene rings is 2. The maximum absolute atomic E-state index is 14.6. The van der Waals surface area contributed by atoms with Gasteiger partial charge in [-0.2, -0.15) is 0 Å². The Morgan fingerprint density at radius 3 is 2.55 bits per heavy atom. The van der Waals surface area contributed by atoms with Crippen LogP contribution in [0, 0.1) is 12.7 Å².